The van der Waals surface area contributed by atoms with Gasteiger partial charge in [0.25, 0.3) is 0 Å². The molecule has 1 aliphatic rings. The Morgan fingerprint density at radius 3 is 2.52 bits per heavy atom. The molecule has 9 heteroatoms. The predicted octanol–water partition coefficient (Wildman–Crippen LogP) is 5.33. The maximum absolute atomic E-state index is 12.5. The Morgan fingerprint density at radius 1 is 1.13 bits per heavy atom. The molecule has 2 aromatic carbocycles. The summed E-state index contributed by atoms with van der Waals surface area (Å²) in [7, 11) is 0. The van der Waals surface area contributed by atoms with Gasteiger partial charge in [-0.3, -0.25) is 0 Å². The molecule has 1 fully saturated rings. The van der Waals surface area contributed by atoms with Crippen LogP contribution in [0.1, 0.15) is 29.3 Å². The Morgan fingerprint density at radius 2 is 1.84 bits per heavy atom. The quantitative estimate of drug-likeness (QED) is 0.573. The molecule has 1 saturated heterocycles. The van der Waals surface area contributed by atoms with Gasteiger partial charge in [0.1, 0.15) is 5.75 Å². The first kappa shape index (κ1) is 21.4. The summed E-state index contributed by atoms with van der Waals surface area (Å²) < 4.78 is 42.5. The van der Waals surface area contributed by atoms with Gasteiger partial charge in [-0.15, -0.1) is 11.3 Å². The first-order chi connectivity index (χ1) is 14.9. The van der Waals surface area contributed by atoms with E-state index in [0.29, 0.717) is 25.6 Å². The van der Waals surface area contributed by atoms with Crippen LogP contribution in [-0.4, -0.2) is 41.8 Å². The molecule has 0 bridgehead atoms. The highest BCUT2D eigenvalue weighted by Gasteiger charge is 2.28. The lowest BCUT2D eigenvalue weighted by molar-refractivity contribution is -0.153. The van der Waals surface area contributed by atoms with Crippen molar-refractivity contribution in [1.82, 2.24) is 15.2 Å². The van der Waals surface area contributed by atoms with E-state index in [2.05, 4.69) is 16.1 Å². The third kappa shape index (κ3) is 5.66. The van der Waals surface area contributed by atoms with Crippen molar-refractivity contribution in [1.29, 1.82) is 0 Å². The van der Waals surface area contributed by atoms with Gasteiger partial charge in [-0.2, -0.15) is 13.2 Å². The Bertz CT molecular complexity index is 995. The highest BCUT2D eigenvalue weighted by molar-refractivity contribution is 7.18. The number of rotatable bonds is 5. The molecule has 2 heterocycles. The van der Waals surface area contributed by atoms with E-state index in [4.69, 9.17) is 4.98 Å². The smallest absolute Gasteiger partial charge is 0.422 e. The van der Waals surface area contributed by atoms with Gasteiger partial charge in [-0.1, -0.05) is 24.3 Å². The number of halogens is 3. The highest BCUT2D eigenvalue weighted by Crippen LogP contribution is 2.33. The third-order valence-electron chi connectivity index (χ3n) is 5.21. The Hall–Kier alpha value is -2.81. The molecule has 1 N–H and O–H groups in total. The van der Waals surface area contributed by atoms with Crippen molar-refractivity contribution >= 4 is 27.6 Å². The summed E-state index contributed by atoms with van der Waals surface area (Å²) in [5, 5.41) is 4.01. The third-order valence-corrected chi connectivity index (χ3v) is 6.41. The zero-order valence-corrected chi connectivity index (χ0v) is 17.5. The number of aromatic nitrogens is 1. The molecular weight excluding hydrogens is 427 g/mol. The lowest BCUT2D eigenvalue weighted by atomic mass is 9.98. The number of benzene rings is 2. The molecule has 5 nitrogen and oxygen atoms in total. The molecule has 0 unspecified atom stereocenters. The molecule has 1 aromatic heterocycles. The van der Waals surface area contributed by atoms with E-state index >= 15 is 0 Å². The van der Waals surface area contributed by atoms with Gasteiger partial charge < -0.3 is 15.0 Å². The van der Waals surface area contributed by atoms with Gasteiger partial charge in [0.2, 0.25) is 0 Å². The van der Waals surface area contributed by atoms with Crippen molar-refractivity contribution in [2.45, 2.75) is 31.5 Å². The lowest BCUT2D eigenvalue weighted by Gasteiger charge is -2.31. The van der Waals surface area contributed by atoms with Crippen LogP contribution in [0.4, 0.5) is 18.0 Å². The van der Waals surface area contributed by atoms with Crippen molar-refractivity contribution in [3.8, 4) is 5.75 Å². The van der Waals surface area contributed by atoms with Crippen molar-refractivity contribution in [2.24, 2.45) is 0 Å². The van der Waals surface area contributed by atoms with Crippen LogP contribution < -0.4 is 10.1 Å². The number of likely N-dealkylation sites (tertiary alicyclic amines) is 1. The lowest BCUT2D eigenvalue weighted by Crippen LogP contribution is -2.43. The van der Waals surface area contributed by atoms with E-state index in [1.165, 1.54) is 16.8 Å². The van der Waals surface area contributed by atoms with Crippen LogP contribution in [0.2, 0.25) is 0 Å². The molecule has 0 atom stereocenters. The summed E-state index contributed by atoms with van der Waals surface area (Å²) in [5.74, 6) is 0.509. The fraction of sp³-hybridized carbons (Fsp3) is 0.364. The average Bonchev–Trinajstić information content (AvgIpc) is 3.21. The minimum atomic E-state index is -4.37. The van der Waals surface area contributed by atoms with Gasteiger partial charge >= 0.3 is 12.2 Å². The van der Waals surface area contributed by atoms with E-state index in [9.17, 15) is 18.0 Å². The van der Waals surface area contributed by atoms with Crippen molar-refractivity contribution < 1.29 is 22.7 Å². The van der Waals surface area contributed by atoms with Gasteiger partial charge in [0.15, 0.2) is 6.61 Å². The number of piperidine rings is 1. The summed E-state index contributed by atoms with van der Waals surface area (Å²) in [6.45, 7) is 0.305. The summed E-state index contributed by atoms with van der Waals surface area (Å²) in [5.41, 5.74) is 1.81. The number of nitrogens with zero attached hydrogens (tertiary/aromatic N) is 2. The molecule has 2 amide bonds. The molecular formula is C22H22F3N3O2S. The second kappa shape index (κ2) is 9.13. The van der Waals surface area contributed by atoms with Crippen LogP contribution in [-0.2, 0) is 6.54 Å². The molecule has 3 aromatic rings. The number of urea groups is 1. The minimum absolute atomic E-state index is 0.139. The Labute approximate surface area is 181 Å². The number of carbonyl (C=O) groups is 1. The van der Waals surface area contributed by atoms with Crippen LogP contribution >= 0.6 is 11.3 Å². The fourth-order valence-corrected chi connectivity index (χ4v) is 4.69. The first-order valence-electron chi connectivity index (χ1n) is 10.0. The zero-order valence-electron chi connectivity index (χ0n) is 16.7. The van der Waals surface area contributed by atoms with E-state index in [-0.39, 0.29) is 11.8 Å². The van der Waals surface area contributed by atoms with E-state index in [0.717, 1.165) is 28.9 Å². The second-order valence-corrected chi connectivity index (χ2v) is 8.55. The van der Waals surface area contributed by atoms with Gasteiger partial charge in [-0.05, 0) is 42.7 Å². The summed E-state index contributed by atoms with van der Waals surface area (Å²) >= 11 is 1.72. The standard InChI is InChI=1S/C22H22F3N3O2S/c23-22(24,25)14-30-17-7-5-15(6-8-17)13-26-21(29)28-11-9-16(10-12-28)20-27-18-3-1-2-4-19(18)31-20/h1-8,16H,9-14H2,(H,26,29). The molecule has 31 heavy (non-hydrogen) atoms. The normalized spacial score (nSPS) is 15.3. The monoisotopic (exact) mass is 449 g/mol. The predicted molar refractivity (Wildman–Crippen MR) is 113 cm³/mol. The first-order valence-corrected chi connectivity index (χ1v) is 10.9. The maximum Gasteiger partial charge on any atom is 0.422 e. The van der Waals surface area contributed by atoms with Crippen LogP contribution in [0, 0.1) is 0 Å². The summed E-state index contributed by atoms with van der Waals surface area (Å²) in [6.07, 6.45) is -2.62. The number of ether oxygens (including phenoxy) is 1. The van der Waals surface area contributed by atoms with Crippen LogP contribution in [0.5, 0.6) is 5.75 Å². The highest BCUT2D eigenvalue weighted by atomic mass is 32.1. The minimum Gasteiger partial charge on any atom is -0.484 e. The number of hydrogen-bond donors (Lipinski definition) is 1. The van der Waals surface area contributed by atoms with Crippen LogP contribution in [0.25, 0.3) is 10.2 Å². The number of nitrogens with one attached hydrogen (secondary N) is 1. The number of fused-ring (bicyclic) bond motifs is 1. The molecule has 0 aliphatic carbocycles. The SMILES string of the molecule is O=C(NCc1ccc(OCC(F)(F)F)cc1)N1CCC(c2nc3ccccc3s2)CC1. The number of carbonyl (C=O) groups excluding carboxylic acids is 1. The number of alkyl halides is 3. The average molecular weight is 449 g/mol. The molecule has 4 rings (SSSR count). The summed E-state index contributed by atoms with van der Waals surface area (Å²) in [4.78, 5) is 19.0. The van der Waals surface area contributed by atoms with Gasteiger partial charge in [0, 0.05) is 25.6 Å². The van der Waals surface area contributed by atoms with Crippen LogP contribution in [0.15, 0.2) is 48.5 Å². The van der Waals surface area contributed by atoms with Crippen molar-refractivity contribution in [2.75, 3.05) is 19.7 Å². The fourth-order valence-electron chi connectivity index (χ4n) is 3.55. The maximum atomic E-state index is 12.5. The molecule has 1 aliphatic heterocycles. The molecule has 0 radical (unpaired) electrons. The summed E-state index contributed by atoms with van der Waals surface area (Å²) in [6, 6.07) is 14.2. The second-order valence-electron chi connectivity index (χ2n) is 7.49. The van der Waals surface area contributed by atoms with E-state index in [1.54, 1.807) is 28.4 Å². The van der Waals surface area contributed by atoms with E-state index < -0.39 is 12.8 Å². The molecule has 0 spiro atoms. The van der Waals surface area contributed by atoms with Gasteiger partial charge in [-0.25, -0.2) is 9.78 Å². The van der Waals surface area contributed by atoms with Crippen molar-refractivity contribution in [3.63, 3.8) is 0 Å². The van der Waals surface area contributed by atoms with Crippen LogP contribution in [0.3, 0.4) is 0 Å². The number of hydrogen-bond acceptors (Lipinski definition) is 4. The topological polar surface area (TPSA) is 54.5 Å². The van der Waals surface area contributed by atoms with Crippen molar-refractivity contribution in [3.05, 3.63) is 59.1 Å². The number of amides is 2. The largest absolute Gasteiger partial charge is 0.484 e. The Balaban J connectivity index is 1.23. The number of thiazole rings is 1. The zero-order chi connectivity index (χ0) is 21.8. The van der Waals surface area contributed by atoms with E-state index in [1.807, 2.05) is 18.2 Å². The Kier molecular flexibility index (Phi) is 6.31. The molecule has 0 saturated carbocycles. The van der Waals surface area contributed by atoms with Gasteiger partial charge in [0.05, 0.1) is 15.2 Å². The molecule has 164 valence electrons. The number of para-hydroxylation sites is 1.